The first kappa shape index (κ1) is 18.5. The molecule has 27 heavy (non-hydrogen) atoms. The molecule has 5 heteroatoms. The maximum absolute atomic E-state index is 5.77. The Morgan fingerprint density at radius 1 is 0.815 bits per heavy atom. The van der Waals surface area contributed by atoms with E-state index in [-0.39, 0.29) is 0 Å². The van der Waals surface area contributed by atoms with Crippen molar-refractivity contribution in [1.29, 1.82) is 0 Å². The molecule has 4 aromatic rings. The normalized spacial score (nSPS) is 11.4. The number of aromatic nitrogens is 1. The van der Waals surface area contributed by atoms with Crippen LogP contribution in [0.4, 0.5) is 0 Å². The van der Waals surface area contributed by atoms with Crippen molar-refractivity contribution >= 4 is 53.7 Å². The van der Waals surface area contributed by atoms with Gasteiger partial charge in [0.2, 0.25) is 0 Å². The van der Waals surface area contributed by atoms with E-state index < -0.39 is 0 Å². The van der Waals surface area contributed by atoms with Gasteiger partial charge in [0.1, 0.15) is 12.4 Å². The van der Waals surface area contributed by atoms with Crippen molar-refractivity contribution < 1.29 is 9.47 Å². The zero-order chi connectivity index (χ0) is 18.8. The fourth-order valence-electron chi connectivity index (χ4n) is 3.37. The average molecular weight is 489 g/mol. The molecule has 0 radical (unpaired) electrons. The summed E-state index contributed by atoms with van der Waals surface area (Å²) in [5.41, 5.74) is 3.62. The van der Waals surface area contributed by atoms with E-state index >= 15 is 0 Å². The molecule has 0 saturated carbocycles. The van der Waals surface area contributed by atoms with Gasteiger partial charge in [-0.1, -0.05) is 56.1 Å². The summed E-state index contributed by atoms with van der Waals surface area (Å²) in [6.45, 7) is 1.91. The fourth-order valence-corrected chi connectivity index (χ4v) is 4.07. The minimum absolute atomic E-state index is 0.551. The molecule has 3 aromatic carbocycles. The number of nitrogens with zero attached hydrogens (tertiary/aromatic N) is 1. The van der Waals surface area contributed by atoms with Crippen LogP contribution < -0.4 is 4.74 Å². The van der Waals surface area contributed by atoms with Crippen LogP contribution in [-0.4, -0.2) is 24.9 Å². The van der Waals surface area contributed by atoms with Crippen molar-refractivity contribution in [3.63, 3.8) is 0 Å². The summed E-state index contributed by atoms with van der Waals surface area (Å²) in [6.07, 6.45) is 0. The van der Waals surface area contributed by atoms with Crippen LogP contribution in [0.5, 0.6) is 5.75 Å². The van der Waals surface area contributed by atoms with Gasteiger partial charge in [0.25, 0.3) is 0 Å². The van der Waals surface area contributed by atoms with Crippen LogP contribution in [0.15, 0.2) is 69.6 Å². The van der Waals surface area contributed by atoms with Gasteiger partial charge in [-0.25, -0.2) is 0 Å². The van der Waals surface area contributed by atoms with Crippen LogP contribution in [0.25, 0.3) is 21.8 Å². The number of halogens is 2. The second-order valence-electron chi connectivity index (χ2n) is 6.40. The van der Waals surface area contributed by atoms with Gasteiger partial charge in [-0.2, -0.15) is 0 Å². The quantitative estimate of drug-likeness (QED) is 0.293. The summed E-state index contributed by atoms with van der Waals surface area (Å²) >= 11 is 7.23. The van der Waals surface area contributed by atoms with Crippen molar-refractivity contribution in [2.24, 2.45) is 0 Å². The van der Waals surface area contributed by atoms with E-state index in [1.807, 2.05) is 12.1 Å². The zero-order valence-electron chi connectivity index (χ0n) is 14.9. The monoisotopic (exact) mass is 487 g/mol. The molecule has 0 saturated heterocycles. The van der Waals surface area contributed by atoms with E-state index in [9.17, 15) is 0 Å². The molecule has 1 heterocycles. The summed E-state index contributed by atoms with van der Waals surface area (Å²) < 4.78 is 15.3. The predicted molar refractivity (Wildman–Crippen MR) is 118 cm³/mol. The number of benzene rings is 3. The largest absolute Gasteiger partial charge is 0.491 e. The van der Waals surface area contributed by atoms with Crippen molar-refractivity contribution in [3.8, 4) is 5.75 Å². The predicted octanol–water partition coefficient (Wildman–Crippen LogP) is 6.39. The average Bonchev–Trinajstić information content (AvgIpc) is 2.95. The lowest BCUT2D eigenvalue weighted by atomic mass is 10.2. The Bertz CT molecular complexity index is 1050. The number of ether oxygens (including phenoxy) is 2. The van der Waals surface area contributed by atoms with Gasteiger partial charge in [0, 0.05) is 33.4 Å². The summed E-state index contributed by atoms with van der Waals surface area (Å²) in [5, 5.41) is 2.52. The topological polar surface area (TPSA) is 23.4 Å². The first-order valence-corrected chi connectivity index (χ1v) is 10.3. The van der Waals surface area contributed by atoms with Gasteiger partial charge >= 0.3 is 0 Å². The third kappa shape index (κ3) is 3.91. The molecule has 0 aliphatic heterocycles. The highest BCUT2D eigenvalue weighted by atomic mass is 79.9. The molecule has 0 fully saturated rings. The fraction of sp³-hybridized carbons (Fsp3) is 0.182. The molecule has 138 valence electrons. The standard InChI is InChI=1S/C22H19Br2NO2/c1-26-9-10-27-18-4-2-3-15(11-18)14-25-21-12-16(23)5-7-19(21)20-8-6-17(24)13-22(20)25/h2-8,11-13H,9-10,14H2,1H3. The summed E-state index contributed by atoms with van der Waals surface area (Å²) in [4.78, 5) is 0. The van der Waals surface area contributed by atoms with Gasteiger partial charge in [0.15, 0.2) is 0 Å². The molecule has 0 bridgehead atoms. The van der Waals surface area contributed by atoms with Crippen LogP contribution in [-0.2, 0) is 11.3 Å². The van der Waals surface area contributed by atoms with E-state index in [4.69, 9.17) is 9.47 Å². The summed E-state index contributed by atoms with van der Waals surface area (Å²) in [7, 11) is 1.68. The molecule has 0 N–H and O–H groups in total. The van der Waals surface area contributed by atoms with Gasteiger partial charge in [-0.05, 0) is 42.0 Å². The van der Waals surface area contributed by atoms with Crippen LogP contribution in [0.3, 0.4) is 0 Å². The molecular formula is C22H19Br2NO2. The van der Waals surface area contributed by atoms with E-state index in [2.05, 4.69) is 85.0 Å². The molecule has 4 rings (SSSR count). The summed E-state index contributed by atoms with van der Waals surface area (Å²) in [5.74, 6) is 0.868. The number of fused-ring (bicyclic) bond motifs is 3. The minimum atomic E-state index is 0.551. The molecule has 0 unspecified atom stereocenters. The first-order chi connectivity index (χ1) is 13.2. The molecule has 0 atom stereocenters. The van der Waals surface area contributed by atoms with Gasteiger partial charge in [-0.3, -0.25) is 0 Å². The van der Waals surface area contributed by atoms with E-state index in [1.54, 1.807) is 7.11 Å². The van der Waals surface area contributed by atoms with Crippen LogP contribution in [0, 0.1) is 0 Å². The second kappa shape index (κ2) is 8.05. The Balaban J connectivity index is 1.77. The highest BCUT2D eigenvalue weighted by Gasteiger charge is 2.12. The van der Waals surface area contributed by atoms with E-state index in [1.165, 1.54) is 27.4 Å². The first-order valence-electron chi connectivity index (χ1n) is 8.73. The number of methoxy groups -OCH3 is 1. The Morgan fingerprint density at radius 2 is 1.48 bits per heavy atom. The lowest BCUT2D eigenvalue weighted by Gasteiger charge is -2.11. The molecule has 0 amide bonds. The minimum Gasteiger partial charge on any atom is -0.491 e. The molecule has 0 aliphatic rings. The van der Waals surface area contributed by atoms with E-state index in [0.717, 1.165) is 21.2 Å². The maximum atomic E-state index is 5.77. The molecular weight excluding hydrogens is 470 g/mol. The molecule has 0 aliphatic carbocycles. The second-order valence-corrected chi connectivity index (χ2v) is 8.23. The van der Waals surface area contributed by atoms with E-state index in [0.29, 0.717) is 13.2 Å². The van der Waals surface area contributed by atoms with Crippen LogP contribution >= 0.6 is 31.9 Å². The Labute approximate surface area is 175 Å². The third-order valence-corrected chi connectivity index (χ3v) is 5.57. The molecule has 3 nitrogen and oxygen atoms in total. The molecule has 0 spiro atoms. The summed E-state index contributed by atoms with van der Waals surface area (Å²) in [6, 6.07) is 21.2. The lowest BCUT2D eigenvalue weighted by Crippen LogP contribution is -2.05. The Hall–Kier alpha value is -1.82. The van der Waals surface area contributed by atoms with Crippen molar-refractivity contribution in [3.05, 3.63) is 75.2 Å². The Kier molecular flexibility index (Phi) is 5.53. The molecule has 1 aromatic heterocycles. The third-order valence-electron chi connectivity index (χ3n) is 4.59. The number of hydrogen-bond acceptors (Lipinski definition) is 2. The van der Waals surface area contributed by atoms with Crippen molar-refractivity contribution in [1.82, 2.24) is 4.57 Å². The van der Waals surface area contributed by atoms with Gasteiger partial charge in [0.05, 0.1) is 17.6 Å². The highest BCUT2D eigenvalue weighted by Crippen LogP contribution is 2.33. The van der Waals surface area contributed by atoms with Crippen molar-refractivity contribution in [2.75, 3.05) is 20.3 Å². The number of hydrogen-bond donors (Lipinski definition) is 0. The Morgan fingerprint density at radius 3 is 2.11 bits per heavy atom. The SMILES string of the molecule is COCCOc1cccc(Cn2c3cc(Br)ccc3c3ccc(Br)cc32)c1. The van der Waals surface area contributed by atoms with Crippen LogP contribution in [0.2, 0.25) is 0 Å². The lowest BCUT2D eigenvalue weighted by molar-refractivity contribution is 0.146. The van der Waals surface area contributed by atoms with Crippen LogP contribution in [0.1, 0.15) is 5.56 Å². The van der Waals surface area contributed by atoms with Crippen molar-refractivity contribution in [2.45, 2.75) is 6.54 Å². The van der Waals surface area contributed by atoms with Gasteiger partial charge in [-0.15, -0.1) is 0 Å². The smallest absolute Gasteiger partial charge is 0.119 e. The number of rotatable bonds is 6. The van der Waals surface area contributed by atoms with Gasteiger partial charge < -0.3 is 14.0 Å². The maximum Gasteiger partial charge on any atom is 0.119 e. The zero-order valence-corrected chi connectivity index (χ0v) is 18.1. The highest BCUT2D eigenvalue weighted by molar-refractivity contribution is 9.10.